The number of thiophene rings is 1. The molecule has 4 unspecified atom stereocenters. The highest BCUT2D eigenvalue weighted by Crippen LogP contribution is 2.50. The topological polar surface area (TPSA) is 12.0 Å². The molecule has 2 fully saturated rings. The van der Waals surface area contributed by atoms with Crippen molar-refractivity contribution in [3.63, 3.8) is 0 Å². The molecule has 1 heterocycles. The van der Waals surface area contributed by atoms with Crippen LogP contribution in [0.1, 0.15) is 44.6 Å². The minimum atomic E-state index is 0.769. The average Bonchev–Trinajstić information content (AvgIpc) is 3.10. The fourth-order valence-corrected chi connectivity index (χ4v) is 4.98. The zero-order valence-corrected chi connectivity index (χ0v) is 12.2. The van der Waals surface area contributed by atoms with E-state index in [1.165, 1.54) is 44.1 Å². The molecule has 0 radical (unpaired) electrons. The molecule has 1 N–H and O–H groups in total. The second kappa shape index (κ2) is 5.75. The molecule has 0 saturated heterocycles. The lowest BCUT2D eigenvalue weighted by Gasteiger charge is -2.31. The van der Waals surface area contributed by atoms with Crippen LogP contribution in [-0.4, -0.2) is 12.6 Å². The highest BCUT2D eigenvalue weighted by atomic mass is 32.1. The van der Waals surface area contributed by atoms with Crippen LogP contribution in [-0.2, 0) is 6.42 Å². The summed E-state index contributed by atoms with van der Waals surface area (Å²) in [4.78, 5) is 0. The Morgan fingerprint density at radius 2 is 2.33 bits per heavy atom. The summed E-state index contributed by atoms with van der Waals surface area (Å²) in [7, 11) is 0. The van der Waals surface area contributed by atoms with E-state index in [1.54, 1.807) is 0 Å². The second-order valence-electron chi connectivity index (χ2n) is 6.17. The van der Waals surface area contributed by atoms with E-state index < -0.39 is 0 Å². The van der Waals surface area contributed by atoms with Gasteiger partial charge in [0.15, 0.2) is 0 Å². The Morgan fingerprint density at radius 3 is 2.94 bits per heavy atom. The molecule has 2 aliphatic carbocycles. The van der Waals surface area contributed by atoms with Crippen LogP contribution in [0, 0.1) is 17.8 Å². The molecule has 1 aromatic heterocycles. The summed E-state index contributed by atoms with van der Waals surface area (Å²) >= 11 is 1.83. The molecule has 2 bridgehead atoms. The van der Waals surface area contributed by atoms with Crippen LogP contribution in [0.5, 0.6) is 0 Å². The molecule has 2 aliphatic rings. The first-order valence-electron chi connectivity index (χ1n) is 7.61. The van der Waals surface area contributed by atoms with Gasteiger partial charge in [0.25, 0.3) is 0 Å². The predicted molar refractivity (Wildman–Crippen MR) is 79.0 cm³/mol. The van der Waals surface area contributed by atoms with Gasteiger partial charge in [-0.15, -0.1) is 0 Å². The minimum Gasteiger partial charge on any atom is -0.314 e. The van der Waals surface area contributed by atoms with Crippen molar-refractivity contribution >= 4 is 11.3 Å². The summed E-state index contributed by atoms with van der Waals surface area (Å²) in [6.45, 7) is 3.38. The first-order valence-corrected chi connectivity index (χ1v) is 8.55. The first kappa shape index (κ1) is 12.7. The van der Waals surface area contributed by atoms with E-state index in [0.29, 0.717) is 0 Å². The smallest absolute Gasteiger partial charge is 0.0101 e. The standard InChI is InChI=1S/C16H25NS/c1-2-17-16(6-4-12-7-8-18-11-12)15-10-13-3-5-14(15)9-13/h7-8,11,13-17H,2-6,9-10H2,1H3. The Hall–Kier alpha value is -0.340. The largest absolute Gasteiger partial charge is 0.314 e. The maximum atomic E-state index is 3.78. The van der Waals surface area contributed by atoms with E-state index in [0.717, 1.165) is 30.3 Å². The Morgan fingerprint density at radius 1 is 1.39 bits per heavy atom. The van der Waals surface area contributed by atoms with Crippen LogP contribution in [0.4, 0.5) is 0 Å². The van der Waals surface area contributed by atoms with Crippen molar-refractivity contribution in [2.75, 3.05) is 6.54 Å². The van der Waals surface area contributed by atoms with Crippen molar-refractivity contribution in [2.24, 2.45) is 17.8 Å². The number of nitrogens with one attached hydrogen (secondary N) is 1. The Labute approximate surface area is 115 Å². The summed E-state index contributed by atoms with van der Waals surface area (Å²) in [5.41, 5.74) is 1.53. The van der Waals surface area contributed by atoms with Crippen molar-refractivity contribution in [3.8, 4) is 0 Å². The third kappa shape index (κ3) is 2.65. The summed E-state index contributed by atoms with van der Waals surface area (Å²) in [6, 6.07) is 3.05. The normalized spacial score (nSPS) is 31.9. The van der Waals surface area contributed by atoms with E-state index in [4.69, 9.17) is 0 Å². The number of rotatable bonds is 6. The fraction of sp³-hybridized carbons (Fsp3) is 0.750. The van der Waals surface area contributed by atoms with Gasteiger partial charge in [-0.1, -0.05) is 13.3 Å². The summed E-state index contributed by atoms with van der Waals surface area (Å²) in [6.07, 6.45) is 8.66. The molecule has 0 aliphatic heterocycles. The van der Waals surface area contributed by atoms with E-state index in [9.17, 15) is 0 Å². The summed E-state index contributed by atoms with van der Waals surface area (Å²) in [5, 5.41) is 8.29. The third-order valence-electron chi connectivity index (χ3n) is 5.10. The van der Waals surface area contributed by atoms with Gasteiger partial charge in [-0.05, 0) is 78.8 Å². The second-order valence-corrected chi connectivity index (χ2v) is 6.95. The van der Waals surface area contributed by atoms with Gasteiger partial charge < -0.3 is 5.32 Å². The zero-order chi connectivity index (χ0) is 12.4. The van der Waals surface area contributed by atoms with Gasteiger partial charge >= 0.3 is 0 Å². The molecule has 1 aromatic rings. The molecule has 0 spiro atoms. The van der Waals surface area contributed by atoms with Crippen LogP contribution >= 0.6 is 11.3 Å². The lowest BCUT2D eigenvalue weighted by atomic mass is 9.81. The monoisotopic (exact) mass is 263 g/mol. The summed E-state index contributed by atoms with van der Waals surface area (Å²) < 4.78 is 0. The minimum absolute atomic E-state index is 0.769. The average molecular weight is 263 g/mol. The van der Waals surface area contributed by atoms with Gasteiger partial charge in [0.2, 0.25) is 0 Å². The van der Waals surface area contributed by atoms with Crippen LogP contribution < -0.4 is 5.32 Å². The number of aryl methyl sites for hydroxylation is 1. The van der Waals surface area contributed by atoms with Crippen molar-refractivity contribution < 1.29 is 0 Å². The molecular weight excluding hydrogens is 238 g/mol. The third-order valence-corrected chi connectivity index (χ3v) is 5.83. The maximum Gasteiger partial charge on any atom is 0.0101 e. The van der Waals surface area contributed by atoms with E-state index in [1.807, 2.05) is 11.3 Å². The van der Waals surface area contributed by atoms with Gasteiger partial charge in [0.1, 0.15) is 0 Å². The molecule has 100 valence electrons. The first-order chi connectivity index (χ1) is 8.86. The molecule has 1 nitrogen and oxygen atoms in total. The van der Waals surface area contributed by atoms with Gasteiger partial charge in [0, 0.05) is 6.04 Å². The van der Waals surface area contributed by atoms with Gasteiger partial charge in [0.05, 0.1) is 0 Å². The molecule has 2 heteroatoms. The number of fused-ring (bicyclic) bond motifs is 2. The highest BCUT2D eigenvalue weighted by Gasteiger charge is 2.42. The quantitative estimate of drug-likeness (QED) is 0.815. The van der Waals surface area contributed by atoms with Crippen LogP contribution in [0.25, 0.3) is 0 Å². The molecule has 0 aromatic carbocycles. The van der Waals surface area contributed by atoms with Crippen LogP contribution in [0.2, 0.25) is 0 Å². The predicted octanol–water partition coefficient (Wildman–Crippen LogP) is 4.10. The maximum absolute atomic E-state index is 3.78. The molecular formula is C16H25NS. The van der Waals surface area contributed by atoms with Crippen LogP contribution in [0.3, 0.4) is 0 Å². The van der Waals surface area contributed by atoms with E-state index in [2.05, 4.69) is 29.1 Å². The number of hydrogen-bond donors (Lipinski definition) is 1. The van der Waals surface area contributed by atoms with E-state index in [-0.39, 0.29) is 0 Å². The molecule has 3 rings (SSSR count). The van der Waals surface area contributed by atoms with Crippen molar-refractivity contribution in [3.05, 3.63) is 22.4 Å². The lowest BCUT2D eigenvalue weighted by molar-refractivity contribution is 0.241. The zero-order valence-electron chi connectivity index (χ0n) is 11.4. The van der Waals surface area contributed by atoms with Crippen molar-refractivity contribution in [1.29, 1.82) is 0 Å². The Balaban J connectivity index is 1.58. The highest BCUT2D eigenvalue weighted by molar-refractivity contribution is 7.07. The Bertz CT molecular complexity index is 359. The molecule has 18 heavy (non-hydrogen) atoms. The molecule has 2 saturated carbocycles. The molecule has 4 atom stereocenters. The Kier molecular flexibility index (Phi) is 4.05. The van der Waals surface area contributed by atoms with Gasteiger partial charge in [-0.25, -0.2) is 0 Å². The van der Waals surface area contributed by atoms with Crippen LogP contribution in [0.15, 0.2) is 16.8 Å². The lowest BCUT2D eigenvalue weighted by Crippen LogP contribution is -2.39. The van der Waals surface area contributed by atoms with Crippen molar-refractivity contribution in [2.45, 2.75) is 51.5 Å². The summed E-state index contributed by atoms with van der Waals surface area (Å²) in [5.74, 6) is 3.09. The van der Waals surface area contributed by atoms with Gasteiger partial charge in [-0.2, -0.15) is 11.3 Å². The molecule has 0 amide bonds. The van der Waals surface area contributed by atoms with Gasteiger partial charge in [-0.3, -0.25) is 0 Å². The van der Waals surface area contributed by atoms with Crippen molar-refractivity contribution in [1.82, 2.24) is 5.32 Å². The van der Waals surface area contributed by atoms with E-state index >= 15 is 0 Å². The number of hydrogen-bond acceptors (Lipinski definition) is 2. The fourth-order valence-electron chi connectivity index (χ4n) is 4.27. The SMILES string of the molecule is CCNC(CCc1ccsc1)C1CC2CCC1C2.